The topological polar surface area (TPSA) is 0 Å². The van der Waals surface area contributed by atoms with Crippen LogP contribution in [-0.2, 0) is 0 Å². The summed E-state index contributed by atoms with van der Waals surface area (Å²) in [6, 6.07) is 0. The zero-order valence-corrected chi connectivity index (χ0v) is 11.9. The first-order valence-corrected chi connectivity index (χ1v) is 5.37. The van der Waals surface area contributed by atoms with Crippen LogP contribution in [0.5, 0.6) is 0 Å². The van der Waals surface area contributed by atoms with E-state index in [1.165, 1.54) is 32.1 Å². The standard InChI is InChI=1S/C12H19.BrH.Mg/c1-2-3-4-5-11-8-10-6-7-12(11)9-10;;/h6-7,10-12H,1-5,8-9H2;1H;/q-1;;+2/p-1. The molecule has 1 fully saturated rings. The summed E-state index contributed by atoms with van der Waals surface area (Å²) in [6.07, 6.45) is 13.2. The second kappa shape index (κ2) is 7.29. The molecule has 2 bridgehead atoms. The van der Waals surface area contributed by atoms with Crippen molar-refractivity contribution in [2.75, 3.05) is 0 Å². The Labute approximate surface area is 115 Å². The quantitative estimate of drug-likeness (QED) is 0.296. The van der Waals surface area contributed by atoms with E-state index in [1.807, 2.05) is 0 Å². The molecule has 0 radical (unpaired) electrons. The maximum absolute atomic E-state index is 3.88. The van der Waals surface area contributed by atoms with Gasteiger partial charge in [0.15, 0.2) is 0 Å². The Morgan fingerprint density at radius 1 is 1.14 bits per heavy atom. The summed E-state index contributed by atoms with van der Waals surface area (Å²) in [5.74, 6) is 2.95. The van der Waals surface area contributed by atoms with Crippen molar-refractivity contribution in [1.82, 2.24) is 0 Å². The van der Waals surface area contributed by atoms with Crippen molar-refractivity contribution in [3.63, 3.8) is 0 Å². The number of rotatable bonds is 4. The Balaban J connectivity index is 0.000000845. The third-order valence-corrected chi connectivity index (χ3v) is 3.49. The summed E-state index contributed by atoms with van der Waals surface area (Å²) >= 11 is 0. The summed E-state index contributed by atoms with van der Waals surface area (Å²) in [7, 11) is 0. The van der Waals surface area contributed by atoms with Crippen LogP contribution in [0.4, 0.5) is 0 Å². The molecule has 0 aromatic carbocycles. The molecule has 2 heteroatoms. The van der Waals surface area contributed by atoms with Gasteiger partial charge in [-0.1, -0.05) is 25.0 Å². The van der Waals surface area contributed by atoms with Crippen molar-refractivity contribution in [1.29, 1.82) is 0 Å². The van der Waals surface area contributed by atoms with E-state index in [0.29, 0.717) is 0 Å². The third-order valence-electron chi connectivity index (χ3n) is 3.49. The van der Waals surface area contributed by atoms with Crippen molar-refractivity contribution < 1.29 is 17.0 Å². The first-order chi connectivity index (χ1) is 5.90. The Hall–Kier alpha value is 0.986. The Kier molecular flexibility index (Phi) is 7.80. The maximum atomic E-state index is 3.88. The van der Waals surface area contributed by atoms with Crippen LogP contribution in [-0.4, -0.2) is 23.1 Å². The molecule has 0 aromatic heterocycles. The number of hydrogen-bond donors (Lipinski definition) is 0. The van der Waals surface area contributed by atoms with Crippen LogP contribution in [0.3, 0.4) is 0 Å². The molecule has 2 rings (SSSR count). The van der Waals surface area contributed by atoms with Gasteiger partial charge < -0.3 is 23.9 Å². The van der Waals surface area contributed by atoms with Gasteiger partial charge in [-0.2, -0.15) is 6.42 Å². The van der Waals surface area contributed by atoms with Gasteiger partial charge in [-0.25, -0.2) is 0 Å². The second-order valence-corrected chi connectivity index (χ2v) is 4.39. The Morgan fingerprint density at radius 3 is 2.43 bits per heavy atom. The summed E-state index contributed by atoms with van der Waals surface area (Å²) in [6.45, 7) is 3.88. The third kappa shape index (κ3) is 3.53. The fourth-order valence-electron chi connectivity index (χ4n) is 2.81. The summed E-state index contributed by atoms with van der Waals surface area (Å²) in [5, 5.41) is 0. The predicted octanol–water partition coefficient (Wildman–Crippen LogP) is 0.216. The second-order valence-electron chi connectivity index (χ2n) is 4.39. The van der Waals surface area contributed by atoms with E-state index >= 15 is 0 Å². The van der Waals surface area contributed by atoms with Gasteiger partial charge in [-0.15, -0.1) is 0 Å². The molecule has 2 aliphatic rings. The normalized spacial score (nSPS) is 32.5. The van der Waals surface area contributed by atoms with Gasteiger partial charge in [0.2, 0.25) is 0 Å². The van der Waals surface area contributed by atoms with E-state index in [0.717, 1.165) is 24.2 Å². The number of fused-ring (bicyclic) bond motifs is 2. The fraction of sp³-hybridized carbons (Fsp3) is 0.750. The van der Waals surface area contributed by atoms with Crippen molar-refractivity contribution >= 4 is 23.1 Å². The molecule has 76 valence electrons. The minimum Gasteiger partial charge on any atom is -1.00 e. The number of unbranched alkanes of at least 4 members (excludes halogenated alkanes) is 2. The average Bonchev–Trinajstić information content (AvgIpc) is 2.65. The molecule has 3 atom stereocenters. The van der Waals surface area contributed by atoms with E-state index < -0.39 is 0 Å². The van der Waals surface area contributed by atoms with Gasteiger partial charge in [0, 0.05) is 0 Å². The van der Waals surface area contributed by atoms with Gasteiger partial charge in [0.1, 0.15) is 0 Å². The van der Waals surface area contributed by atoms with Crippen LogP contribution in [0, 0.1) is 24.7 Å². The molecule has 2 aliphatic carbocycles. The molecule has 14 heavy (non-hydrogen) atoms. The monoisotopic (exact) mass is 266 g/mol. The van der Waals surface area contributed by atoms with Gasteiger partial charge in [-0.3, -0.25) is 0 Å². The first kappa shape index (κ1) is 15.0. The molecule has 3 unspecified atom stereocenters. The summed E-state index contributed by atoms with van der Waals surface area (Å²) < 4.78 is 0. The molecule has 0 aromatic rings. The van der Waals surface area contributed by atoms with Crippen LogP contribution in [0.15, 0.2) is 12.2 Å². The molecule has 0 saturated heterocycles. The summed E-state index contributed by atoms with van der Waals surface area (Å²) in [5.41, 5.74) is 0. The Bertz CT molecular complexity index is 179. The SMILES string of the molecule is [Br-].[CH2-]CCCCC1CC2C=CC1C2.[Mg+2]. The van der Waals surface area contributed by atoms with E-state index in [9.17, 15) is 0 Å². The predicted molar refractivity (Wildman–Crippen MR) is 58.4 cm³/mol. The van der Waals surface area contributed by atoms with E-state index in [-0.39, 0.29) is 40.0 Å². The largest absolute Gasteiger partial charge is 2.00 e. The van der Waals surface area contributed by atoms with Crippen LogP contribution in [0.2, 0.25) is 0 Å². The Morgan fingerprint density at radius 2 is 1.93 bits per heavy atom. The van der Waals surface area contributed by atoms with E-state index in [4.69, 9.17) is 0 Å². The van der Waals surface area contributed by atoms with E-state index in [1.54, 1.807) is 0 Å². The van der Waals surface area contributed by atoms with Crippen LogP contribution >= 0.6 is 0 Å². The van der Waals surface area contributed by atoms with Gasteiger partial charge in [0.05, 0.1) is 0 Å². The smallest absolute Gasteiger partial charge is 1.00 e. The zero-order valence-electron chi connectivity index (χ0n) is 8.92. The minimum atomic E-state index is 0. The molecule has 1 saturated carbocycles. The fourth-order valence-corrected chi connectivity index (χ4v) is 2.81. The maximum Gasteiger partial charge on any atom is 2.00 e. The van der Waals surface area contributed by atoms with Gasteiger partial charge in [0.25, 0.3) is 0 Å². The molecule has 0 aliphatic heterocycles. The first-order valence-electron chi connectivity index (χ1n) is 5.37. The average molecular weight is 267 g/mol. The molecular formula is C12H19BrMg. The van der Waals surface area contributed by atoms with Gasteiger partial charge >= 0.3 is 23.1 Å². The van der Waals surface area contributed by atoms with Crippen molar-refractivity contribution in [2.45, 2.75) is 38.5 Å². The number of halogens is 1. The number of allylic oxidation sites excluding steroid dienone is 2. The number of hydrogen-bond acceptors (Lipinski definition) is 0. The van der Waals surface area contributed by atoms with Crippen LogP contribution in [0.25, 0.3) is 0 Å². The zero-order chi connectivity index (χ0) is 8.39. The van der Waals surface area contributed by atoms with Crippen LogP contribution in [0.1, 0.15) is 38.5 Å². The van der Waals surface area contributed by atoms with Crippen molar-refractivity contribution in [3.8, 4) is 0 Å². The van der Waals surface area contributed by atoms with E-state index in [2.05, 4.69) is 19.1 Å². The molecule has 0 N–H and O–H groups in total. The molecule has 0 heterocycles. The molecule has 0 spiro atoms. The molecular weight excluding hydrogens is 248 g/mol. The minimum absolute atomic E-state index is 0. The van der Waals surface area contributed by atoms with Gasteiger partial charge in [-0.05, 0) is 37.0 Å². The summed E-state index contributed by atoms with van der Waals surface area (Å²) in [4.78, 5) is 0. The molecule has 0 nitrogen and oxygen atoms in total. The van der Waals surface area contributed by atoms with Crippen molar-refractivity contribution in [2.24, 2.45) is 17.8 Å². The van der Waals surface area contributed by atoms with Crippen molar-refractivity contribution in [3.05, 3.63) is 19.1 Å². The molecule has 0 amide bonds. The van der Waals surface area contributed by atoms with Crippen LogP contribution < -0.4 is 17.0 Å².